The molecule has 1 aromatic heterocycles. The van der Waals surface area contributed by atoms with Gasteiger partial charge in [-0.1, -0.05) is 0 Å². The molecule has 2 aliphatic heterocycles. The van der Waals surface area contributed by atoms with Crippen LogP contribution in [0.4, 0.5) is 17.1 Å². The topological polar surface area (TPSA) is 51.7 Å². The van der Waals surface area contributed by atoms with E-state index < -0.39 is 0 Å². The lowest BCUT2D eigenvalue weighted by molar-refractivity contribution is 0.102. The smallest absolute Gasteiger partial charge is 0.274 e. The zero-order valence-corrected chi connectivity index (χ0v) is 16.6. The van der Waals surface area contributed by atoms with E-state index in [2.05, 4.69) is 44.2 Å². The minimum Gasteiger partial charge on any atom is -0.372 e. The number of nitrogens with zero attached hydrogens (tertiary/aromatic N) is 4. The lowest BCUT2D eigenvalue weighted by Crippen LogP contribution is -2.44. The number of piperidine rings is 1. The molecule has 2 aromatic rings. The van der Waals surface area contributed by atoms with Crippen LogP contribution >= 0.6 is 0 Å². The summed E-state index contributed by atoms with van der Waals surface area (Å²) in [6, 6.07) is 12.0. The highest BCUT2D eigenvalue weighted by Crippen LogP contribution is 2.22. The molecule has 0 aliphatic carbocycles. The van der Waals surface area contributed by atoms with E-state index in [4.69, 9.17) is 0 Å². The Labute approximate surface area is 167 Å². The van der Waals surface area contributed by atoms with Crippen LogP contribution in [0.3, 0.4) is 0 Å². The first-order chi connectivity index (χ1) is 13.7. The Hall–Kier alpha value is -2.60. The van der Waals surface area contributed by atoms with Crippen molar-refractivity contribution in [3.63, 3.8) is 0 Å². The van der Waals surface area contributed by atoms with Crippen molar-refractivity contribution in [2.45, 2.75) is 19.3 Å². The maximum Gasteiger partial charge on any atom is 0.274 e. The van der Waals surface area contributed by atoms with Crippen molar-refractivity contribution in [3.8, 4) is 0 Å². The van der Waals surface area contributed by atoms with Crippen molar-refractivity contribution in [3.05, 3.63) is 48.3 Å². The van der Waals surface area contributed by atoms with Gasteiger partial charge in [0.2, 0.25) is 0 Å². The molecule has 0 radical (unpaired) electrons. The Morgan fingerprint density at radius 2 is 1.54 bits per heavy atom. The molecule has 0 bridgehead atoms. The number of piperazine rings is 1. The monoisotopic (exact) mass is 379 g/mol. The minimum atomic E-state index is -0.165. The molecule has 2 aliphatic rings. The summed E-state index contributed by atoms with van der Waals surface area (Å²) in [6.45, 7) is 6.25. The fraction of sp³-hybridized carbons (Fsp3) is 0.455. The molecule has 28 heavy (non-hydrogen) atoms. The average Bonchev–Trinajstić information content (AvgIpc) is 2.75. The molecule has 1 N–H and O–H groups in total. The van der Waals surface area contributed by atoms with Crippen molar-refractivity contribution in [2.24, 2.45) is 0 Å². The lowest BCUT2D eigenvalue weighted by atomic mass is 10.1. The molecule has 2 fully saturated rings. The molecule has 0 saturated carbocycles. The number of carbonyl (C=O) groups excluding carboxylic acids is 1. The quantitative estimate of drug-likeness (QED) is 0.885. The molecule has 0 atom stereocenters. The van der Waals surface area contributed by atoms with Gasteiger partial charge in [-0.25, -0.2) is 0 Å². The average molecular weight is 380 g/mol. The summed E-state index contributed by atoms with van der Waals surface area (Å²) in [5, 5.41) is 2.98. The number of aromatic nitrogens is 1. The Bertz CT molecular complexity index is 793. The molecular formula is C22H29N5O. The highest BCUT2D eigenvalue weighted by Gasteiger charge is 2.17. The number of hydrogen-bond donors (Lipinski definition) is 1. The van der Waals surface area contributed by atoms with Crippen LogP contribution in [0.1, 0.15) is 29.8 Å². The van der Waals surface area contributed by atoms with Crippen LogP contribution in [0, 0.1) is 0 Å². The minimum absolute atomic E-state index is 0.165. The van der Waals surface area contributed by atoms with Gasteiger partial charge in [0, 0.05) is 62.5 Å². The molecule has 2 saturated heterocycles. The van der Waals surface area contributed by atoms with Gasteiger partial charge in [0.25, 0.3) is 5.91 Å². The second-order valence-corrected chi connectivity index (χ2v) is 7.74. The van der Waals surface area contributed by atoms with Gasteiger partial charge < -0.3 is 20.0 Å². The van der Waals surface area contributed by atoms with Crippen molar-refractivity contribution >= 4 is 23.0 Å². The Kier molecular flexibility index (Phi) is 5.76. The molecule has 1 aromatic carbocycles. The number of pyridine rings is 1. The summed E-state index contributed by atoms with van der Waals surface area (Å²) in [4.78, 5) is 24.0. The maximum absolute atomic E-state index is 12.7. The molecule has 0 unspecified atom stereocenters. The first-order valence-corrected chi connectivity index (χ1v) is 10.2. The third-order valence-electron chi connectivity index (χ3n) is 5.69. The molecular weight excluding hydrogens is 350 g/mol. The number of nitrogens with one attached hydrogen (secondary N) is 1. The van der Waals surface area contributed by atoms with E-state index in [1.54, 1.807) is 6.20 Å². The molecule has 0 spiro atoms. The third-order valence-corrected chi connectivity index (χ3v) is 5.69. The summed E-state index contributed by atoms with van der Waals surface area (Å²) in [5.74, 6) is -0.165. The van der Waals surface area contributed by atoms with Gasteiger partial charge in [-0.2, -0.15) is 0 Å². The Morgan fingerprint density at radius 1 is 0.857 bits per heavy atom. The fourth-order valence-electron chi connectivity index (χ4n) is 3.91. The van der Waals surface area contributed by atoms with Gasteiger partial charge >= 0.3 is 0 Å². The maximum atomic E-state index is 12.7. The van der Waals surface area contributed by atoms with E-state index in [1.807, 2.05) is 24.3 Å². The van der Waals surface area contributed by atoms with Crippen LogP contribution in [-0.2, 0) is 0 Å². The first-order valence-electron chi connectivity index (χ1n) is 10.2. The second-order valence-electron chi connectivity index (χ2n) is 7.74. The largest absolute Gasteiger partial charge is 0.372 e. The van der Waals surface area contributed by atoms with E-state index in [-0.39, 0.29) is 5.91 Å². The summed E-state index contributed by atoms with van der Waals surface area (Å²) in [5.41, 5.74) is 3.55. The molecule has 6 heteroatoms. The SMILES string of the molecule is CN1CCN(c2ccnc(C(=O)Nc3ccc(N4CCCCC4)cc3)c2)CC1. The van der Waals surface area contributed by atoms with Crippen LogP contribution in [0.2, 0.25) is 0 Å². The van der Waals surface area contributed by atoms with E-state index in [9.17, 15) is 4.79 Å². The Morgan fingerprint density at radius 3 is 2.25 bits per heavy atom. The first kappa shape index (κ1) is 18.7. The van der Waals surface area contributed by atoms with Gasteiger partial charge in [-0.05, 0) is 62.7 Å². The number of likely N-dealkylation sites (N-methyl/N-ethyl adjacent to an activating group) is 1. The van der Waals surface area contributed by atoms with Crippen LogP contribution in [0.5, 0.6) is 0 Å². The standard InChI is InChI=1S/C22H29N5O/c1-25-13-15-27(16-14-25)20-9-10-23-21(17-20)22(28)24-18-5-7-19(8-6-18)26-11-3-2-4-12-26/h5-10,17H,2-4,11-16H2,1H3,(H,24,28). The van der Waals surface area contributed by atoms with E-state index >= 15 is 0 Å². The van der Waals surface area contributed by atoms with Crippen molar-refractivity contribution < 1.29 is 4.79 Å². The van der Waals surface area contributed by atoms with Gasteiger partial charge in [-0.3, -0.25) is 9.78 Å². The van der Waals surface area contributed by atoms with E-state index in [1.165, 1.54) is 24.9 Å². The van der Waals surface area contributed by atoms with Gasteiger partial charge in [0.15, 0.2) is 0 Å². The van der Waals surface area contributed by atoms with E-state index in [0.717, 1.165) is 50.6 Å². The van der Waals surface area contributed by atoms with Crippen LogP contribution in [-0.4, -0.2) is 62.1 Å². The second kappa shape index (κ2) is 8.61. The van der Waals surface area contributed by atoms with Gasteiger partial charge in [-0.15, -0.1) is 0 Å². The predicted molar refractivity (Wildman–Crippen MR) is 114 cm³/mol. The fourth-order valence-corrected chi connectivity index (χ4v) is 3.91. The number of rotatable bonds is 4. The summed E-state index contributed by atoms with van der Waals surface area (Å²) in [6.07, 6.45) is 5.56. The summed E-state index contributed by atoms with van der Waals surface area (Å²) in [7, 11) is 2.14. The van der Waals surface area contributed by atoms with Crippen LogP contribution in [0.15, 0.2) is 42.6 Å². The predicted octanol–water partition coefficient (Wildman–Crippen LogP) is 3.08. The number of amides is 1. The number of benzene rings is 1. The number of hydrogen-bond acceptors (Lipinski definition) is 5. The Balaban J connectivity index is 1.40. The zero-order valence-electron chi connectivity index (χ0n) is 16.6. The number of anilines is 3. The molecule has 1 amide bonds. The third kappa shape index (κ3) is 4.44. The number of carbonyl (C=O) groups is 1. The van der Waals surface area contributed by atoms with Crippen molar-refractivity contribution in [1.82, 2.24) is 9.88 Å². The van der Waals surface area contributed by atoms with Gasteiger partial charge in [0.1, 0.15) is 5.69 Å². The lowest BCUT2D eigenvalue weighted by Gasteiger charge is -2.34. The molecule has 6 nitrogen and oxygen atoms in total. The van der Waals surface area contributed by atoms with Crippen molar-refractivity contribution in [1.29, 1.82) is 0 Å². The molecule has 3 heterocycles. The molecule has 4 rings (SSSR count). The highest BCUT2D eigenvalue weighted by atomic mass is 16.1. The highest BCUT2D eigenvalue weighted by molar-refractivity contribution is 6.03. The van der Waals surface area contributed by atoms with Gasteiger partial charge in [0.05, 0.1) is 0 Å². The normalized spacial score (nSPS) is 18.2. The molecule has 148 valence electrons. The zero-order chi connectivity index (χ0) is 19.3. The van der Waals surface area contributed by atoms with Crippen molar-refractivity contribution in [2.75, 3.05) is 61.4 Å². The van der Waals surface area contributed by atoms with Crippen LogP contribution in [0.25, 0.3) is 0 Å². The summed E-state index contributed by atoms with van der Waals surface area (Å²) >= 11 is 0. The van der Waals surface area contributed by atoms with Crippen LogP contribution < -0.4 is 15.1 Å². The summed E-state index contributed by atoms with van der Waals surface area (Å²) < 4.78 is 0. The van der Waals surface area contributed by atoms with E-state index in [0.29, 0.717) is 5.69 Å².